The van der Waals surface area contributed by atoms with Crippen LogP contribution in [0.2, 0.25) is 0 Å². The molecule has 0 spiro atoms. The Bertz CT molecular complexity index is 216. The van der Waals surface area contributed by atoms with E-state index in [1.54, 1.807) is 0 Å². The maximum atomic E-state index is 12.0. The van der Waals surface area contributed by atoms with Gasteiger partial charge in [-0.2, -0.15) is 0 Å². The lowest BCUT2D eigenvalue weighted by atomic mass is 10.1. The third-order valence-electron chi connectivity index (χ3n) is 3.19. The van der Waals surface area contributed by atoms with Crippen molar-refractivity contribution in [2.45, 2.75) is 58.9 Å². The normalized spacial score (nSPS) is 21.1. The molecule has 0 saturated carbocycles. The summed E-state index contributed by atoms with van der Waals surface area (Å²) in [5.74, 6) is 1.05. The van der Waals surface area contributed by atoms with E-state index in [4.69, 9.17) is 0 Å². The summed E-state index contributed by atoms with van der Waals surface area (Å²) in [5.41, 5.74) is 0. The predicted molar refractivity (Wildman–Crippen MR) is 67.1 cm³/mol. The molecule has 1 saturated heterocycles. The Balaban J connectivity index is 2.22. The largest absolute Gasteiger partial charge is 0.329 e. The molecular formula is C13H26N2O. The molecule has 1 N–H and O–H groups in total. The van der Waals surface area contributed by atoms with Crippen LogP contribution in [0.1, 0.15) is 52.9 Å². The van der Waals surface area contributed by atoms with Crippen LogP contribution in [0.15, 0.2) is 0 Å². The van der Waals surface area contributed by atoms with Crippen LogP contribution in [0, 0.1) is 5.92 Å². The van der Waals surface area contributed by atoms with Gasteiger partial charge in [-0.1, -0.05) is 33.6 Å². The van der Waals surface area contributed by atoms with Crippen LogP contribution in [0.4, 0.5) is 0 Å². The molecule has 3 heteroatoms. The molecule has 0 aromatic heterocycles. The van der Waals surface area contributed by atoms with Crippen LogP contribution in [0.25, 0.3) is 0 Å². The van der Waals surface area contributed by atoms with Gasteiger partial charge in [0.1, 0.15) is 0 Å². The second-order valence-corrected chi connectivity index (χ2v) is 5.19. The maximum Gasteiger partial charge on any atom is 0.240 e. The van der Waals surface area contributed by atoms with Crippen molar-refractivity contribution in [3.63, 3.8) is 0 Å². The van der Waals surface area contributed by atoms with Crippen LogP contribution in [-0.4, -0.2) is 30.1 Å². The number of carbonyl (C=O) groups is 1. The van der Waals surface area contributed by atoms with E-state index < -0.39 is 0 Å². The molecule has 0 aliphatic carbocycles. The van der Waals surface area contributed by atoms with Gasteiger partial charge in [0.25, 0.3) is 0 Å². The van der Waals surface area contributed by atoms with Crippen molar-refractivity contribution in [2.75, 3.05) is 13.2 Å². The minimum Gasteiger partial charge on any atom is -0.329 e. The number of hydrogen-bond acceptors (Lipinski definition) is 2. The van der Waals surface area contributed by atoms with E-state index in [0.717, 1.165) is 38.4 Å². The Morgan fingerprint density at radius 2 is 2.19 bits per heavy atom. The molecule has 1 fully saturated rings. The third-order valence-corrected chi connectivity index (χ3v) is 3.19. The highest BCUT2D eigenvalue weighted by atomic mass is 16.2. The van der Waals surface area contributed by atoms with E-state index in [-0.39, 0.29) is 6.04 Å². The summed E-state index contributed by atoms with van der Waals surface area (Å²) in [4.78, 5) is 13.9. The molecule has 16 heavy (non-hydrogen) atoms. The molecule has 1 aliphatic rings. The third kappa shape index (κ3) is 4.12. The van der Waals surface area contributed by atoms with Gasteiger partial charge in [-0.3, -0.25) is 10.1 Å². The Morgan fingerprint density at radius 1 is 1.44 bits per heavy atom. The molecule has 94 valence electrons. The zero-order valence-corrected chi connectivity index (χ0v) is 11.0. The monoisotopic (exact) mass is 226 g/mol. The minimum atomic E-state index is 0.0963. The Morgan fingerprint density at radius 3 is 2.81 bits per heavy atom. The van der Waals surface area contributed by atoms with Gasteiger partial charge in [-0.05, 0) is 25.2 Å². The van der Waals surface area contributed by atoms with Gasteiger partial charge >= 0.3 is 0 Å². The average molecular weight is 226 g/mol. The molecule has 1 heterocycles. The van der Waals surface area contributed by atoms with Crippen LogP contribution >= 0.6 is 0 Å². The molecule has 0 aromatic rings. The number of amides is 1. The molecule has 1 unspecified atom stereocenters. The number of unbranched alkanes of at least 4 members (excludes halogenated alkanes) is 1. The quantitative estimate of drug-likeness (QED) is 0.723. The number of nitrogens with one attached hydrogen (secondary N) is 1. The molecule has 0 aromatic carbocycles. The van der Waals surface area contributed by atoms with Crippen molar-refractivity contribution < 1.29 is 4.79 Å². The fourth-order valence-electron chi connectivity index (χ4n) is 2.12. The predicted octanol–water partition coefficient (Wildman–Crippen LogP) is 2.37. The van der Waals surface area contributed by atoms with Crippen LogP contribution in [-0.2, 0) is 4.79 Å². The zero-order valence-electron chi connectivity index (χ0n) is 11.0. The first-order chi connectivity index (χ1) is 7.65. The van der Waals surface area contributed by atoms with Gasteiger partial charge in [0.05, 0.1) is 12.7 Å². The smallest absolute Gasteiger partial charge is 0.240 e. The summed E-state index contributed by atoms with van der Waals surface area (Å²) >= 11 is 0. The molecule has 0 radical (unpaired) electrons. The Kier molecular flexibility index (Phi) is 5.81. The first-order valence-electron chi connectivity index (χ1n) is 6.67. The summed E-state index contributed by atoms with van der Waals surface area (Å²) in [6.45, 7) is 8.31. The molecule has 0 bridgehead atoms. The first kappa shape index (κ1) is 13.5. The Labute approximate surface area is 99.6 Å². The van der Waals surface area contributed by atoms with Gasteiger partial charge in [0, 0.05) is 6.54 Å². The first-order valence-corrected chi connectivity index (χ1v) is 6.67. The van der Waals surface area contributed by atoms with Gasteiger partial charge < -0.3 is 4.90 Å². The van der Waals surface area contributed by atoms with E-state index in [1.807, 2.05) is 4.90 Å². The minimum absolute atomic E-state index is 0.0963. The fraction of sp³-hybridized carbons (Fsp3) is 0.923. The van der Waals surface area contributed by atoms with Gasteiger partial charge in [-0.15, -0.1) is 0 Å². The molecule has 1 aliphatic heterocycles. The van der Waals surface area contributed by atoms with Crippen molar-refractivity contribution in [3.05, 3.63) is 0 Å². The summed E-state index contributed by atoms with van der Waals surface area (Å²) < 4.78 is 0. The van der Waals surface area contributed by atoms with Crippen molar-refractivity contribution in [3.8, 4) is 0 Å². The number of rotatable bonds is 7. The molecule has 3 nitrogen and oxygen atoms in total. The molecular weight excluding hydrogens is 200 g/mol. The van der Waals surface area contributed by atoms with Gasteiger partial charge in [0.2, 0.25) is 5.91 Å². The molecule has 1 atom stereocenters. The lowest BCUT2D eigenvalue weighted by molar-refractivity contribution is -0.129. The summed E-state index contributed by atoms with van der Waals surface area (Å²) in [6.07, 6.45) is 5.65. The van der Waals surface area contributed by atoms with Crippen molar-refractivity contribution >= 4 is 5.91 Å². The highest BCUT2D eigenvalue weighted by Gasteiger charge is 2.29. The highest BCUT2D eigenvalue weighted by Crippen LogP contribution is 2.12. The van der Waals surface area contributed by atoms with Crippen LogP contribution < -0.4 is 5.32 Å². The van der Waals surface area contributed by atoms with Gasteiger partial charge in [0.15, 0.2) is 0 Å². The van der Waals surface area contributed by atoms with Crippen LogP contribution in [0.3, 0.4) is 0 Å². The SMILES string of the molecule is CCCCC1NCN(CCCC(C)C)C1=O. The van der Waals surface area contributed by atoms with Gasteiger partial charge in [-0.25, -0.2) is 0 Å². The zero-order chi connectivity index (χ0) is 12.0. The second kappa shape index (κ2) is 6.89. The highest BCUT2D eigenvalue weighted by molar-refractivity contribution is 5.83. The van der Waals surface area contributed by atoms with E-state index in [1.165, 1.54) is 12.8 Å². The van der Waals surface area contributed by atoms with E-state index in [2.05, 4.69) is 26.1 Å². The maximum absolute atomic E-state index is 12.0. The average Bonchev–Trinajstić information content (AvgIpc) is 2.57. The van der Waals surface area contributed by atoms with E-state index in [0.29, 0.717) is 5.91 Å². The lowest BCUT2D eigenvalue weighted by Crippen LogP contribution is -2.31. The van der Waals surface area contributed by atoms with E-state index >= 15 is 0 Å². The summed E-state index contributed by atoms with van der Waals surface area (Å²) in [7, 11) is 0. The standard InChI is InChI=1S/C13H26N2O/c1-4-5-8-12-13(16)15(10-14-12)9-6-7-11(2)3/h11-12,14H,4-10H2,1-3H3. The number of nitrogens with zero attached hydrogens (tertiary/aromatic N) is 1. The van der Waals surface area contributed by atoms with Crippen LogP contribution in [0.5, 0.6) is 0 Å². The topological polar surface area (TPSA) is 32.3 Å². The lowest BCUT2D eigenvalue weighted by Gasteiger charge is -2.15. The fourth-order valence-corrected chi connectivity index (χ4v) is 2.12. The van der Waals surface area contributed by atoms with E-state index in [9.17, 15) is 4.79 Å². The van der Waals surface area contributed by atoms with Crippen molar-refractivity contribution in [1.29, 1.82) is 0 Å². The molecule has 1 amide bonds. The number of carbonyl (C=O) groups excluding carboxylic acids is 1. The second-order valence-electron chi connectivity index (χ2n) is 5.19. The summed E-state index contributed by atoms with van der Waals surface area (Å²) in [6, 6.07) is 0.0963. The Hall–Kier alpha value is -0.570. The van der Waals surface area contributed by atoms with Crippen molar-refractivity contribution in [1.82, 2.24) is 10.2 Å². The number of hydrogen-bond donors (Lipinski definition) is 1. The molecule has 1 rings (SSSR count). The van der Waals surface area contributed by atoms with Crippen molar-refractivity contribution in [2.24, 2.45) is 5.92 Å². The summed E-state index contributed by atoms with van der Waals surface area (Å²) in [5, 5.41) is 3.31.